The van der Waals surface area contributed by atoms with Crippen molar-refractivity contribution in [2.45, 2.75) is 46.6 Å². The van der Waals surface area contributed by atoms with Crippen LogP contribution in [0.1, 0.15) is 49.7 Å². The highest BCUT2D eigenvalue weighted by Gasteiger charge is 2.29. The first-order valence-electron chi connectivity index (χ1n) is 8.42. The van der Waals surface area contributed by atoms with Crippen LogP contribution in [0.5, 0.6) is 0 Å². The van der Waals surface area contributed by atoms with E-state index in [0.29, 0.717) is 12.0 Å². The summed E-state index contributed by atoms with van der Waals surface area (Å²) >= 11 is 0. The number of rotatable bonds is 4. The van der Waals surface area contributed by atoms with E-state index in [4.69, 9.17) is 4.98 Å². The van der Waals surface area contributed by atoms with Gasteiger partial charge in [0.2, 0.25) is 0 Å². The molecule has 0 saturated carbocycles. The van der Waals surface area contributed by atoms with Gasteiger partial charge in [0.15, 0.2) is 0 Å². The van der Waals surface area contributed by atoms with Crippen molar-refractivity contribution in [2.75, 3.05) is 13.1 Å². The number of hydrogen-bond acceptors (Lipinski definition) is 2. The summed E-state index contributed by atoms with van der Waals surface area (Å²) in [7, 11) is 0. The molecule has 3 heterocycles. The van der Waals surface area contributed by atoms with Crippen LogP contribution in [0, 0.1) is 19.8 Å². The summed E-state index contributed by atoms with van der Waals surface area (Å²) in [6.45, 7) is 11.3. The first-order valence-corrected chi connectivity index (χ1v) is 8.42. The second-order valence-corrected chi connectivity index (χ2v) is 6.91. The Labute approximate surface area is 134 Å². The average Bonchev–Trinajstić information content (AvgIpc) is 3.05. The second kappa shape index (κ2) is 6.25. The number of aryl methyl sites for hydroxylation is 2. The molecule has 1 saturated heterocycles. The van der Waals surface area contributed by atoms with Crippen LogP contribution >= 0.6 is 0 Å². The fourth-order valence-corrected chi connectivity index (χ4v) is 3.72. The highest BCUT2D eigenvalue weighted by atomic mass is 15.2. The maximum Gasteiger partial charge on any atom is 0.141 e. The molecule has 2 aromatic heterocycles. The van der Waals surface area contributed by atoms with E-state index >= 15 is 0 Å². The molecule has 0 radical (unpaired) electrons. The number of aromatic nitrogens is 2. The van der Waals surface area contributed by atoms with E-state index in [1.165, 1.54) is 42.9 Å². The van der Waals surface area contributed by atoms with Gasteiger partial charge in [0.25, 0.3) is 0 Å². The minimum Gasteiger partial charge on any atom is -0.303 e. The van der Waals surface area contributed by atoms with Crippen molar-refractivity contribution in [3.63, 3.8) is 0 Å². The zero-order valence-electron chi connectivity index (χ0n) is 14.2. The van der Waals surface area contributed by atoms with Crippen LogP contribution in [0.2, 0.25) is 0 Å². The minimum absolute atomic E-state index is 0.507. The summed E-state index contributed by atoms with van der Waals surface area (Å²) in [6, 6.07) is 9.21. The molecule has 0 unspecified atom stereocenters. The fraction of sp³-hybridized carbons (Fsp3) is 0.526. The van der Waals surface area contributed by atoms with Gasteiger partial charge in [-0.05, 0) is 57.4 Å². The van der Waals surface area contributed by atoms with Crippen LogP contribution in [0.15, 0.2) is 30.5 Å². The van der Waals surface area contributed by atoms with Gasteiger partial charge in [0, 0.05) is 35.7 Å². The summed E-state index contributed by atoms with van der Waals surface area (Å²) in [5.74, 6) is 1.82. The monoisotopic (exact) mass is 297 g/mol. The molecular formula is C19H27N3. The van der Waals surface area contributed by atoms with E-state index < -0.39 is 0 Å². The van der Waals surface area contributed by atoms with Crippen molar-refractivity contribution >= 4 is 0 Å². The third kappa shape index (κ3) is 2.82. The first kappa shape index (κ1) is 15.3. The Balaban J connectivity index is 2.02. The minimum atomic E-state index is 0.507. The summed E-state index contributed by atoms with van der Waals surface area (Å²) in [5.41, 5.74) is 3.89. The Morgan fingerprint density at radius 3 is 2.59 bits per heavy atom. The molecule has 2 aromatic rings. The molecule has 118 valence electrons. The van der Waals surface area contributed by atoms with Crippen LogP contribution in [-0.4, -0.2) is 27.5 Å². The van der Waals surface area contributed by atoms with Crippen molar-refractivity contribution < 1.29 is 0 Å². The van der Waals surface area contributed by atoms with Gasteiger partial charge in [0.1, 0.15) is 5.82 Å². The van der Waals surface area contributed by atoms with Crippen LogP contribution in [0.4, 0.5) is 0 Å². The van der Waals surface area contributed by atoms with Crippen LogP contribution < -0.4 is 0 Å². The molecule has 1 aliphatic rings. The molecule has 1 aliphatic heterocycles. The lowest BCUT2D eigenvalue weighted by Crippen LogP contribution is -2.28. The SMILES string of the molecule is Cc1ccc(C)n1-c1ncccc1[C@H]1CCCN1CC(C)C. The topological polar surface area (TPSA) is 21.1 Å². The van der Waals surface area contributed by atoms with Crippen LogP contribution in [-0.2, 0) is 0 Å². The molecule has 3 rings (SSSR count). The van der Waals surface area contributed by atoms with Gasteiger partial charge >= 0.3 is 0 Å². The van der Waals surface area contributed by atoms with E-state index in [-0.39, 0.29) is 0 Å². The normalized spacial score (nSPS) is 19.2. The van der Waals surface area contributed by atoms with E-state index in [2.05, 4.69) is 61.4 Å². The van der Waals surface area contributed by atoms with Gasteiger partial charge in [-0.2, -0.15) is 0 Å². The Morgan fingerprint density at radius 2 is 1.91 bits per heavy atom. The lowest BCUT2D eigenvalue weighted by atomic mass is 10.0. The highest BCUT2D eigenvalue weighted by Crippen LogP contribution is 2.35. The number of nitrogens with zero attached hydrogens (tertiary/aromatic N) is 3. The van der Waals surface area contributed by atoms with E-state index in [1.807, 2.05) is 6.20 Å². The zero-order valence-corrected chi connectivity index (χ0v) is 14.2. The Hall–Kier alpha value is -1.61. The summed E-state index contributed by atoms with van der Waals surface area (Å²) in [4.78, 5) is 7.38. The van der Waals surface area contributed by atoms with E-state index in [1.54, 1.807) is 0 Å². The van der Waals surface area contributed by atoms with Crippen molar-refractivity contribution in [2.24, 2.45) is 5.92 Å². The van der Waals surface area contributed by atoms with Crippen LogP contribution in [0.25, 0.3) is 5.82 Å². The predicted molar refractivity (Wildman–Crippen MR) is 91.4 cm³/mol. The predicted octanol–water partition coefficient (Wildman–Crippen LogP) is 4.28. The fourth-order valence-electron chi connectivity index (χ4n) is 3.72. The lowest BCUT2D eigenvalue weighted by Gasteiger charge is -2.28. The summed E-state index contributed by atoms with van der Waals surface area (Å²) in [6.07, 6.45) is 4.44. The van der Waals surface area contributed by atoms with Gasteiger partial charge in [-0.3, -0.25) is 4.90 Å². The smallest absolute Gasteiger partial charge is 0.141 e. The number of likely N-dealkylation sites (tertiary alicyclic amines) is 1. The standard InChI is InChI=1S/C19H27N3/c1-14(2)13-21-12-6-8-18(21)17-7-5-11-20-19(17)22-15(3)9-10-16(22)4/h5,7,9-11,14,18H,6,8,12-13H2,1-4H3/t18-/m1/s1. The van der Waals surface area contributed by atoms with E-state index in [9.17, 15) is 0 Å². The molecule has 0 aliphatic carbocycles. The summed E-state index contributed by atoms with van der Waals surface area (Å²) in [5, 5.41) is 0. The van der Waals surface area contributed by atoms with Crippen LogP contribution in [0.3, 0.4) is 0 Å². The van der Waals surface area contributed by atoms with Crippen molar-refractivity contribution in [1.82, 2.24) is 14.5 Å². The number of hydrogen-bond donors (Lipinski definition) is 0. The molecule has 0 spiro atoms. The molecule has 0 aromatic carbocycles. The molecule has 22 heavy (non-hydrogen) atoms. The maximum atomic E-state index is 4.74. The molecule has 3 nitrogen and oxygen atoms in total. The van der Waals surface area contributed by atoms with Gasteiger partial charge in [-0.1, -0.05) is 19.9 Å². The van der Waals surface area contributed by atoms with Gasteiger partial charge < -0.3 is 4.57 Å². The average molecular weight is 297 g/mol. The van der Waals surface area contributed by atoms with Crippen molar-refractivity contribution in [3.05, 3.63) is 47.4 Å². The summed E-state index contributed by atoms with van der Waals surface area (Å²) < 4.78 is 2.29. The van der Waals surface area contributed by atoms with Gasteiger partial charge in [-0.25, -0.2) is 4.98 Å². The molecule has 1 fully saturated rings. The molecule has 0 N–H and O–H groups in total. The third-order valence-electron chi connectivity index (χ3n) is 4.62. The van der Waals surface area contributed by atoms with Crippen molar-refractivity contribution in [1.29, 1.82) is 0 Å². The van der Waals surface area contributed by atoms with E-state index in [0.717, 1.165) is 5.82 Å². The highest BCUT2D eigenvalue weighted by molar-refractivity contribution is 5.41. The molecule has 3 heteroatoms. The van der Waals surface area contributed by atoms with Gasteiger partial charge in [-0.15, -0.1) is 0 Å². The molecule has 0 bridgehead atoms. The maximum absolute atomic E-state index is 4.74. The third-order valence-corrected chi connectivity index (χ3v) is 4.62. The quantitative estimate of drug-likeness (QED) is 0.839. The largest absolute Gasteiger partial charge is 0.303 e. The molecule has 0 amide bonds. The Bertz CT molecular complexity index is 622. The second-order valence-electron chi connectivity index (χ2n) is 6.91. The first-order chi connectivity index (χ1) is 10.6. The Kier molecular flexibility index (Phi) is 4.34. The lowest BCUT2D eigenvalue weighted by molar-refractivity contribution is 0.228. The zero-order chi connectivity index (χ0) is 15.7. The van der Waals surface area contributed by atoms with Crippen molar-refractivity contribution in [3.8, 4) is 5.82 Å². The molecular weight excluding hydrogens is 270 g/mol. The number of pyridine rings is 1. The van der Waals surface area contributed by atoms with Gasteiger partial charge in [0.05, 0.1) is 0 Å². The molecule has 1 atom stereocenters. The Morgan fingerprint density at radius 1 is 1.18 bits per heavy atom.